The van der Waals surface area contributed by atoms with Gasteiger partial charge < -0.3 is 5.32 Å². The standard InChI is InChI=1S/C26H24F2N4O2S/c1-3-17-7-4-5-9-21(17)31-26-32(16(2)18-8-6-12-29-15-18)25(34)23(35-26)14-24(33)30-22-11-10-19(27)13-20(22)28/h4-13,15-16,23H,3,14H2,1-2H3,(H,30,33). The van der Waals surface area contributed by atoms with E-state index in [1.807, 2.05) is 44.2 Å². The molecule has 9 heteroatoms. The van der Waals surface area contributed by atoms with E-state index in [9.17, 15) is 18.4 Å². The number of amides is 2. The fourth-order valence-corrected chi connectivity index (χ4v) is 5.02. The fraction of sp³-hybridized carbons (Fsp3) is 0.231. The number of nitrogens with zero attached hydrogens (tertiary/aromatic N) is 3. The highest BCUT2D eigenvalue weighted by molar-refractivity contribution is 8.15. The molecule has 2 atom stereocenters. The van der Waals surface area contributed by atoms with Gasteiger partial charge in [-0.2, -0.15) is 0 Å². The summed E-state index contributed by atoms with van der Waals surface area (Å²) >= 11 is 1.20. The molecule has 1 N–H and O–H groups in total. The summed E-state index contributed by atoms with van der Waals surface area (Å²) < 4.78 is 27.1. The van der Waals surface area contributed by atoms with Gasteiger partial charge in [0.05, 0.1) is 17.4 Å². The zero-order valence-electron chi connectivity index (χ0n) is 19.2. The zero-order valence-corrected chi connectivity index (χ0v) is 20.1. The number of aryl methyl sites for hydroxylation is 1. The van der Waals surface area contributed by atoms with Crippen LogP contribution in [0.15, 0.2) is 72.0 Å². The summed E-state index contributed by atoms with van der Waals surface area (Å²) in [6.45, 7) is 3.91. The maximum atomic E-state index is 14.0. The van der Waals surface area contributed by atoms with E-state index in [0.717, 1.165) is 35.4 Å². The molecule has 3 aromatic rings. The Balaban J connectivity index is 1.61. The van der Waals surface area contributed by atoms with Gasteiger partial charge in [-0.25, -0.2) is 13.8 Å². The summed E-state index contributed by atoms with van der Waals surface area (Å²) in [6, 6.07) is 13.9. The number of aliphatic imine (C=N–C) groups is 1. The van der Waals surface area contributed by atoms with Crippen LogP contribution in [0.2, 0.25) is 0 Å². The molecule has 1 saturated heterocycles. The van der Waals surface area contributed by atoms with E-state index in [2.05, 4.69) is 10.3 Å². The molecule has 180 valence electrons. The number of thioether (sulfide) groups is 1. The number of carbonyl (C=O) groups is 2. The highest BCUT2D eigenvalue weighted by atomic mass is 32.2. The zero-order chi connectivity index (χ0) is 24.9. The van der Waals surface area contributed by atoms with Gasteiger partial charge in [0, 0.05) is 24.9 Å². The third-order valence-corrected chi connectivity index (χ3v) is 6.84. The molecule has 4 rings (SSSR count). The summed E-state index contributed by atoms with van der Waals surface area (Å²) in [6.07, 6.45) is 3.94. The molecule has 2 heterocycles. The van der Waals surface area contributed by atoms with E-state index >= 15 is 0 Å². The van der Waals surface area contributed by atoms with Crippen LogP contribution in [0.5, 0.6) is 0 Å². The van der Waals surface area contributed by atoms with Crippen LogP contribution in [0.1, 0.15) is 37.4 Å². The minimum absolute atomic E-state index is 0.141. The van der Waals surface area contributed by atoms with Crippen molar-refractivity contribution in [2.45, 2.75) is 38.0 Å². The highest BCUT2D eigenvalue weighted by Crippen LogP contribution is 2.38. The molecule has 2 aromatic carbocycles. The van der Waals surface area contributed by atoms with Gasteiger partial charge in [-0.15, -0.1) is 0 Å². The quantitative estimate of drug-likeness (QED) is 0.461. The molecule has 1 aliphatic heterocycles. The van der Waals surface area contributed by atoms with E-state index in [-0.39, 0.29) is 24.1 Å². The lowest BCUT2D eigenvalue weighted by Crippen LogP contribution is -2.35. The van der Waals surface area contributed by atoms with Crippen molar-refractivity contribution < 1.29 is 18.4 Å². The number of anilines is 1. The lowest BCUT2D eigenvalue weighted by atomic mass is 10.1. The topological polar surface area (TPSA) is 74.7 Å². The Morgan fingerprint density at radius 2 is 2.00 bits per heavy atom. The number of nitrogens with one attached hydrogen (secondary N) is 1. The molecule has 0 radical (unpaired) electrons. The molecular weight excluding hydrogens is 470 g/mol. The Hall–Kier alpha value is -3.59. The number of benzene rings is 2. The first-order valence-corrected chi connectivity index (χ1v) is 12.1. The Labute approximate surface area is 206 Å². The van der Waals surface area contributed by atoms with Gasteiger partial charge in [0.15, 0.2) is 5.17 Å². The number of rotatable bonds is 7. The first-order chi connectivity index (χ1) is 16.9. The maximum absolute atomic E-state index is 14.0. The second kappa shape index (κ2) is 10.8. The van der Waals surface area contributed by atoms with Crippen LogP contribution in [-0.2, 0) is 16.0 Å². The molecule has 0 aliphatic carbocycles. The van der Waals surface area contributed by atoms with Gasteiger partial charge in [-0.05, 0) is 48.7 Å². The third kappa shape index (κ3) is 5.57. The van der Waals surface area contributed by atoms with E-state index < -0.39 is 22.8 Å². The lowest BCUT2D eigenvalue weighted by Gasteiger charge is -2.24. The monoisotopic (exact) mass is 494 g/mol. The van der Waals surface area contributed by atoms with E-state index in [1.165, 1.54) is 11.8 Å². The maximum Gasteiger partial charge on any atom is 0.243 e. The Morgan fingerprint density at radius 1 is 1.20 bits per heavy atom. The second-order valence-corrected chi connectivity index (χ2v) is 9.20. The molecule has 35 heavy (non-hydrogen) atoms. The molecule has 6 nitrogen and oxygen atoms in total. The molecule has 1 fully saturated rings. The normalized spacial score (nSPS) is 17.6. The van der Waals surface area contributed by atoms with Crippen LogP contribution in [0.25, 0.3) is 0 Å². The molecule has 0 spiro atoms. The Bertz CT molecular complexity index is 1270. The highest BCUT2D eigenvalue weighted by Gasteiger charge is 2.42. The average Bonchev–Trinajstić information content (AvgIpc) is 3.15. The molecule has 0 bridgehead atoms. The van der Waals surface area contributed by atoms with Gasteiger partial charge in [0.25, 0.3) is 0 Å². The minimum Gasteiger partial charge on any atom is -0.324 e. The van der Waals surface area contributed by atoms with E-state index in [1.54, 1.807) is 23.4 Å². The van der Waals surface area contributed by atoms with Crippen molar-refractivity contribution in [3.63, 3.8) is 0 Å². The molecule has 1 aromatic heterocycles. The molecular formula is C26H24F2N4O2S. The largest absolute Gasteiger partial charge is 0.324 e. The van der Waals surface area contributed by atoms with E-state index in [4.69, 9.17) is 4.99 Å². The van der Waals surface area contributed by atoms with E-state index in [0.29, 0.717) is 11.2 Å². The third-order valence-electron chi connectivity index (χ3n) is 5.69. The van der Waals surface area contributed by atoms with Crippen LogP contribution < -0.4 is 5.32 Å². The van der Waals surface area contributed by atoms with Crippen molar-refractivity contribution in [3.8, 4) is 0 Å². The fourth-order valence-electron chi connectivity index (χ4n) is 3.80. The number of hydrogen-bond donors (Lipinski definition) is 1. The molecule has 1 aliphatic rings. The number of amidine groups is 1. The lowest BCUT2D eigenvalue weighted by molar-refractivity contribution is -0.129. The van der Waals surface area contributed by atoms with Crippen LogP contribution in [0.3, 0.4) is 0 Å². The number of hydrogen-bond acceptors (Lipinski definition) is 5. The van der Waals surface area contributed by atoms with Gasteiger partial charge in [-0.1, -0.05) is 43.0 Å². The summed E-state index contributed by atoms with van der Waals surface area (Å²) in [5.74, 6) is -2.44. The SMILES string of the molecule is CCc1ccccc1N=C1SC(CC(=O)Nc2ccc(F)cc2F)C(=O)N1C(C)c1cccnc1. The van der Waals surface area contributed by atoms with Gasteiger partial charge in [-0.3, -0.25) is 19.5 Å². The first-order valence-electron chi connectivity index (χ1n) is 11.2. The van der Waals surface area contributed by atoms with Crippen molar-refractivity contribution in [1.29, 1.82) is 0 Å². The average molecular weight is 495 g/mol. The number of aromatic nitrogens is 1. The second-order valence-electron chi connectivity index (χ2n) is 8.03. The predicted molar refractivity (Wildman–Crippen MR) is 133 cm³/mol. The van der Waals surface area contributed by atoms with Crippen LogP contribution >= 0.6 is 11.8 Å². The predicted octanol–water partition coefficient (Wildman–Crippen LogP) is 5.64. The van der Waals surface area contributed by atoms with Gasteiger partial charge in [0.1, 0.15) is 16.9 Å². The van der Waals surface area contributed by atoms with Crippen LogP contribution in [0, 0.1) is 11.6 Å². The number of pyridine rings is 1. The number of halogens is 2. The number of para-hydroxylation sites is 1. The van der Waals surface area contributed by atoms with Crippen LogP contribution in [0.4, 0.5) is 20.2 Å². The minimum atomic E-state index is -0.881. The summed E-state index contributed by atoms with van der Waals surface area (Å²) in [5.41, 5.74) is 2.48. The Morgan fingerprint density at radius 3 is 2.71 bits per heavy atom. The first kappa shape index (κ1) is 24.5. The Kier molecular flexibility index (Phi) is 7.55. The van der Waals surface area contributed by atoms with Gasteiger partial charge in [0.2, 0.25) is 11.8 Å². The van der Waals surface area contributed by atoms with Crippen molar-refractivity contribution in [2.24, 2.45) is 4.99 Å². The van der Waals surface area contributed by atoms with Crippen molar-refractivity contribution in [3.05, 3.63) is 89.8 Å². The van der Waals surface area contributed by atoms with Crippen molar-refractivity contribution in [2.75, 3.05) is 5.32 Å². The number of carbonyl (C=O) groups excluding carboxylic acids is 2. The smallest absolute Gasteiger partial charge is 0.243 e. The van der Waals surface area contributed by atoms with Crippen molar-refractivity contribution in [1.82, 2.24) is 9.88 Å². The summed E-state index contributed by atoms with van der Waals surface area (Å²) in [5, 5.41) is 2.17. The molecule has 0 saturated carbocycles. The molecule has 2 amide bonds. The summed E-state index contributed by atoms with van der Waals surface area (Å²) in [4.78, 5) is 36.7. The molecule has 2 unspecified atom stereocenters. The summed E-state index contributed by atoms with van der Waals surface area (Å²) in [7, 11) is 0. The van der Waals surface area contributed by atoms with Crippen LogP contribution in [-0.4, -0.2) is 32.1 Å². The van der Waals surface area contributed by atoms with Gasteiger partial charge >= 0.3 is 0 Å². The van der Waals surface area contributed by atoms with Crippen molar-refractivity contribution >= 4 is 40.1 Å².